The molecule has 12 heavy (non-hydrogen) atoms. The smallest absolute Gasteiger partial charge is 0.163 e. The summed E-state index contributed by atoms with van der Waals surface area (Å²) in [7, 11) is 0. The molecule has 0 unspecified atom stereocenters. The maximum absolute atomic E-state index is 9.05. The minimum atomic E-state index is -0.441. The largest absolute Gasteiger partial charge is 0.396 e. The van der Waals surface area contributed by atoms with Crippen LogP contribution in [0.2, 0.25) is 0 Å². The third-order valence-corrected chi connectivity index (χ3v) is 2.74. The summed E-state index contributed by atoms with van der Waals surface area (Å²) in [4.78, 5) is 0. The van der Waals surface area contributed by atoms with Gasteiger partial charge in [0.25, 0.3) is 0 Å². The van der Waals surface area contributed by atoms with E-state index in [1.54, 1.807) is 0 Å². The van der Waals surface area contributed by atoms with E-state index in [9.17, 15) is 0 Å². The van der Waals surface area contributed by atoms with Crippen LogP contribution in [0, 0.1) is 5.92 Å². The van der Waals surface area contributed by atoms with Gasteiger partial charge in [-0.1, -0.05) is 0 Å². The summed E-state index contributed by atoms with van der Waals surface area (Å²) in [6.45, 7) is 4.08. The van der Waals surface area contributed by atoms with Gasteiger partial charge in [-0.05, 0) is 26.7 Å². The third-order valence-electron chi connectivity index (χ3n) is 2.74. The molecule has 0 radical (unpaired) electrons. The van der Waals surface area contributed by atoms with Crippen LogP contribution in [0.3, 0.4) is 0 Å². The molecule has 1 saturated carbocycles. The van der Waals surface area contributed by atoms with E-state index in [4.69, 9.17) is 14.6 Å². The Morgan fingerprint density at radius 1 is 1.33 bits per heavy atom. The van der Waals surface area contributed by atoms with Crippen LogP contribution in [0.15, 0.2) is 0 Å². The van der Waals surface area contributed by atoms with Gasteiger partial charge >= 0.3 is 0 Å². The molecule has 1 saturated heterocycles. The van der Waals surface area contributed by atoms with Crippen molar-refractivity contribution in [1.82, 2.24) is 0 Å². The highest BCUT2D eigenvalue weighted by Gasteiger charge is 2.48. The molecule has 2 fully saturated rings. The topological polar surface area (TPSA) is 38.7 Å². The molecule has 0 aromatic heterocycles. The van der Waals surface area contributed by atoms with Crippen LogP contribution >= 0.6 is 0 Å². The average molecular weight is 172 g/mol. The Morgan fingerprint density at radius 3 is 2.75 bits per heavy atom. The molecule has 1 heterocycles. The SMILES string of the molecule is CC1(C)O[C@@H]2[C@@H](CO)CC[C@@H]2O1. The van der Waals surface area contributed by atoms with Crippen LogP contribution in [-0.4, -0.2) is 29.7 Å². The summed E-state index contributed by atoms with van der Waals surface area (Å²) in [5, 5.41) is 9.05. The molecule has 2 aliphatic rings. The zero-order valence-electron chi connectivity index (χ0n) is 7.62. The highest BCUT2D eigenvalue weighted by molar-refractivity contribution is 4.92. The summed E-state index contributed by atoms with van der Waals surface area (Å²) >= 11 is 0. The second kappa shape index (κ2) is 2.69. The van der Waals surface area contributed by atoms with Crippen molar-refractivity contribution < 1.29 is 14.6 Å². The minimum Gasteiger partial charge on any atom is -0.396 e. The van der Waals surface area contributed by atoms with Crippen LogP contribution in [-0.2, 0) is 9.47 Å². The van der Waals surface area contributed by atoms with Gasteiger partial charge in [0.2, 0.25) is 0 Å². The Bertz CT molecular complexity index is 179. The molecule has 1 N–H and O–H groups in total. The Labute approximate surface area is 72.7 Å². The fraction of sp³-hybridized carbons (Fsp3) is 1.00. The fourth-order valence-corrected chi connectivity index (χ4v) is 2.22. The number of hydrogen-bond donors (Lipinski definition) is 1. The normalized spacial score (nSPS) is 44.8. The van der Waals surface area contributed by atoms with E-state index in [1.165, 1.54) is 0 Å². The van der Waals surface area contributed by atoms with Crippen molar-refractivity contribution in [3.8, 4) is 0 Å². The Kier molecular flexibility index (Phi) is 1.90. The summed E-state index contributed by atoms with van der Waals surface area (Å²) in [6.07, 6.45) is 2.41. The first-order valence-corrected chi connectivity index (χ1v) is 4.59. The molecule has 0 spiro atoms. The lowest BCUT2D eigenvalue weighted by Gasteiger charge is -2.20. The molecule has 3 nitrogen and oxygen atoms in total. The second-order valence-electron chi connectivity index (χ2n) is 4.16. The average Bonchev–Trinajstić information content (AvgIpc) is 2.42. The van der Waals surface area contributed by atoms with E-state index in [0.717, 1.165) is 12.8 Å². The highest BCUT2D eigenvalue weighted by atomic mass is 16.8. The summed E-state index contributed by atoms with van der Waals surface area (Å²) in [5.41, 5.74) is 0. The first kappa shape index (κ1) is 8.48. The number of aliphatic hydroxyl groups is 1. The van der Waals surface area contributed by atoms with Gasteiger partial charge < -0.3 is 14.6 Å². The van der Waals surface area contributed by atoms with E-state index in [0.29, 0.717) is 0 Å². The number of ether oxygens (including phenoxy) is 2. The third kappa shape index (κ3) is 1.26. The van der Waals surface area contributed by atoms with Crippen molar-refractivity contribution in [1.29, 1.82) is 0 Å². The Balaban J connectivity index is 2.06. The quantitative estimate of drug-likeness (QED) is 0.639. The molecule has 0 amide bonds. The Morgan fingerprint density at radius 2 is 2.08 bits per heavy atom. The Hall–Kier alpha value is -0.120. The van der Waals surface area contributed by atoms with Crippen molar-refractivity contribution in [3.05, 3.63) is 0 Å². The molecule has 0 aromatic rings. The molecule has 1 aliphatic carbocycles. The van der Waals surface area contributed by atoms with Crippen molar-refractivity contribution >= 4 is 0 Å². The maximum atomic E-state index is 9.05. The standard InChI is InChI=1S/C9H16O3/c1-9(2)11-7-4-3-6(5-10)8(7)12-9/h6-8,10H,3-5H2,1-2H3/t6-,7+,8-/m1/s1. The van der Waals surface area contributed by atoms with Crippen molar-refractivity contribution in [2.24, 2.45) is 5.92 Å². The number of rotatable bonds is 1. The van der Waals surface area contributed by atoms with Crippen LogP contribution in [0.1, 0.15) is 26.7 Å². The molecule has 0 bridgehead atoms. The molecule has 70 valence electrons. The van der Waals surface area contributed by atoms with Crippen LogP contribution in [0.25, 0.3) is 0 Å². The van der Waals surface area contributed by atoms with Gasteiger partial charge in [-0.25, -0.2) is 0 Å². The van der Waals surface area contributed by atoms with Gasteiger partial charge in [0, 0.05) is 12.5 Å². The molecule has 0 aromatic carbocycles. The first-order valence-electron chi connectivity index (χ1n) is 4.59. The molecular formula is C9H16O3. The zero-order chi connectivity index (χ0) is 8.77. The highest BCUT2D eigenvalue weighted by Crippen LogP contribution is 2.40. The van der Waals surface area contributed by atoms with Crippen LogP contribution in [0.4, 0.5) is 0 Å². The predicted molar refractivity (Wildman–Crippen MR) is 43.6 cm³/mol. The van der Waals surface area contributed by atoms with E-state index in [1.807, 2.05) is 13.8 Å². The van der Waals surface area contributed by atoms with Crippen LogP contribution < -0.4 is 0 Å². The van der Waals surface area contributed by atoms with E-state index >= 15 is 0 Å². The molecule has 3 atom stereocenters. The van der Waals surface area contributed by atoms with Crippen molar-refractivity contribution in [2.75, 3.05) is 6.61 Å². The fourth-order valence-electron chi connectivity index (χ4n) is 2.22. The van der Waals surface area contributed by atoms with E-state index < -0.39 is 5.79 Å². The van der Waals surface area contributed by atoms with E-state index in [-0.39, 0.29) is 24.7 Å². The van der Waals surface area contributed by atoms with Crippen molar-refractivity contribution in [2.45, 2.75) is 44.7 Å². The summed E-state index contributed by atoms with van der Waals surface area (Å²) in [6, 6.07) is 0. The summed E-state index contributed by atoms with van der Waals surface area (Å²) < 4.78 is 11.4. The maximum Gasteiger partial charge on any atom is 0.163 e. The monoisotopic (exact) mass is 172 g/mol. The van der Waals surface area contributed by atoms with Gasteiger partial charge in [-0.3, -0.25) is 0 Å². The van der Waals surface area contributed by atoms with Gasteiger partial charge in [-0.2, -0.15) is 0 Å². The zero-order valence-corrected chi connectivity index (χ0v) is 7.62. The van der Waals surface area contributed by atoms with Crippen molar-refractivity contribution in [3.63, 3.8) is 0 Å². The number of hydrogen-bond acceptors (Lipinski definition) is 3. The second-order valence-corrected chi connectivity index (χ2v) is 4.16. The minimum absolute atomic E-state index is 0.130. The number of aliphatic hydroxyl groups excluding tert-OH is 1. The lowest BCUT2D eigenvalue weighted by molar-refractivity contribution is -0.157. The first-order chi connectivity index (χ1) is 5.62. The summed E-state index contributed by atoms with van der Waals surface area (Å²) in [5.74, 6) is -0.153. The molecule has 3 heteroatoms. The van der Waals surface area contributed by atoms with Gasteiger partial charge in [0.15, 0.2) is 5.79 Å². The van der Waals surface area contributed by atoms with Gasteiger partial charge in [-0.15, -0.1) is 0 Å². The molecule has 2 rings (SSSR count). The molecule has 1 aliphatic heterocycles. The van der Waals surface area contributed by atoms with Crippen LogP contribution in [0.5, 0.6) is 0 Å². The number of fused-ring (bicyclic) bond motifs is 1. The van der Waals surface area contributed by atoms with E-state index in [2.05, 4.69) is 0 Å². The van der Waals surface area contributed by atoms with Gasteiger partial charge in [0.1, 0.15) is 0 Å². The molecular weight excluding hydrogens is 156 g/mol. The lowest BCUT2D eigenvalue weighted by Crippen LogP contribution is -2.26. The predicted octanol–water partition coefficient (Wildman–Crippen LogP) is 0.909. The lowest BCUT2D eigenvalue weighted by atomic mass is 10.1. The van der Waals surface area contributed by atoms with Gasteiger partial charge in [0.05, 0.1) is 12.2 Å².